The Hall–Kier alpha value is 0.190. The highest BCUT2D eigenvalue weighted by molar-refractivity contribution is 14.1. The number of benzene rings is 1. The van der Waals surface area contributed by atoms with Crippen molar-refractivity contribution in [3.63, 3.8) is 0 Å². The summed E-state index contributed by atoms with van der Waals surface area (Å²) in [7, 11) is 1.73. The van der Waals surface area contributed by atoms with Gasteiger partial charge in [-0.2, -0.15) is 0 Å². The molecule has 82 valence electrons. The third kappa shape index (κ3) is 2.47. The van der Waals surface area contributed by atoms with E-state index in [0.717, 1.165) is 15.7 Å². The van der Waals surface area contributed by atoms with Gasteiger partial charge in [0.2, 0.25) is 0 Å². The summed E-state index contributed by atoms with van der Waals surface area (Å²) in [4.78, 5) is 0.425. The largest absolute Gasteiger partial charge is 0.487 e. The van der Waals surface area contributed by atoms with Gasteiger partial charge < -0.3 is 9.47 Å². The maximum absolute atomic E-state index is 5.89. The van der Waals surface area contributed by atoms with Crippen LogP contribution in [0.1, 0.15) is 6.42 Å². The maximum Gasteiger partial charge on any atom is 0.133 e. The first-order valence-corrected chi connectivity index (χ1v) is 6.80. The number of alkyl halides is 1. The van der Waals surface area contributed by atoms with Gasteiger partial charge in [-0.25, -0.2) is 0 Å². The van der Waals surface area contributed by atoms with Crippen LogP contribution in [0.5, 0.6) is 5.75 Å². The zero-order valence-corrected chi connectivity index (χ0v) is 12.1. The van der Waals surface area contributed by atoms with Crippen LogP contribution in [-0.2, 0) is 4.74 Å². The molecule has 0 aromatic heterocycles. The highest BCUT2D eigenvalue weighted by Crippen LogP contribution is 2.34. The highest BCUT2D eigenvalue weighted by atomic mass is 127. The smallest absolute Gasteiger partial charge is 0.133 e. The average molecular weight is 383 g/mol. The summed E-state index contributed by atoms with van der Waals surface area (Å²) in [5.74, 6) is 0.949. The van der Waals surface area contributed by atoms with Crippen molar-refractivity contribution in [3.8, 4) is 5.75 Å². The SMILES string of the molecule is COC1C(Br)CC1Oc1ccccc1I. The molecule has 1 aliphatic carbocycles. The van der Waals surface area contributed by atoms with Crippen molar-refractivity contribution in [1.82, 2.24) is 0 Å². The van der Waals surface area contributed by atoms with Gasteiger partial charge in [0, 0.05) is 18.4 Å². The van der Waals surface area contributed by atoms with Crippen molar-refractivity contribution >= 4 is 38.5 Å². The molecule has 1 saturated carbocycles. The number of methoxy groups -OCH3 is 1. The van der Waals surface area contributed by atoms with Crippen LogP contribution in [0.2, 0.25) is 0 Å². The molecule has 4 heteroatoms. The van der Waals surface area contributed by atoms with Gasteiger partial charge in [-0.3, -0.25) is 0 Å². The van der Waals surface area contributed by atoms with Crippen LogP contribution in [0.15, 0.2) is 24.3 Å². The first kappa shape index (κ1) is 11.7. The molecule has 0 radical (unpaired) electrons. The fraction of sp³-hybridized carbons (Fsp3) is 0.455. The van der Waals surface area contributed by atoms with E-state index in [1.807, 2.05) is 24.3 Å². The van der Waals surface area contributed by atoms with Gasteiger partial charge in [0.05, 0.1) is 3.57 Å². The summed E-state index contributed by atoms with van der Waals surface area (Å²) in [5, 5.41) is 0. The molecule has 0 bridgehead atoms. The predicted molar refractivity (Wildman–Crippen MR) is 71.7 cm³/mol. The van der Waals surface area contributed by atoms with Gasteiger partial charge in [0.1, 0.15) is 18.0 Å². The summed E-state index contributed by atoms with van der Waals surface area (Å²) >= 11 is 5.83. The Morgan fingerprint density at radius 2 is 2.13 bits per heavy atom. The fourth-order valence-corrected chi connectivity index (χ4v) is 3.08. The van der Waals surface area contributed by atoms with Crippen LogP contribution in [0.25, 0.3) is 0 Å². The summed E-state index contributed by atoms with van der Waals surface area (Å²) in [5.41, 5.74) is 0. The lowest BCUT2D eigenvalue weighted by Gasteiger charge is -2.40. The van der Waals surface area contributed by atoms with Gasteiger partial charge in [-0.05, 0) is 34.7 Å². The lowest BCUT2D eigenvalue weighted by atomic mass is 9.91. The normalized spacial score (nSPS) is 29.7. The zero-order chi connectivity index (χ0) is 10.8. The quantitative estimate of drug-likeness (QED) is 0.590. The Labute approximate surface area is 112 Å². The van der Waals surface area contributed by atoms with E-state index < -0.39 is 0 Å². The second kappa shape index (κ2) is 5.01. The summed E-state index contributed by atoms with van der Waals surface area (Å²) < 4.78 is 12.4. The van der Waals surface area contributed by atoms with Gasteiger partial charge in [0.15, 0.2) is 0 Å². The van der Waals surface area contributed by atoms with Crippen LogP contribution in [-0.4, -0.2) is 24.1 Å². The molecular formula is C11H12BrIO2. The Morgan fingerprint density at radius 1 is 1.40 bits per heavy atom. The molecule has 0 heterocycles. The molecule has 1 aromatic carbocycles. The number of ether oxygens (including phenoxy) is 2. The van der Waals surface area contributed by atoms with Crippen molar-refractivity contribution < 1.29 is 9.47 Å². The van der Waals surface area contributed by atoms with E-state index in [4.69, 9.17) is 9.47 Å². The van der Waals surface area contributed by atoms with Crippen molar-refractivity contribution in [2.75, 3.05) is 7.11 Å². The second-order valence-electron chi connectivity index (χ2n) is 3.54. The third-order valence-corrected chi connectivity index (χ3v) is 4.35. The summed E-state index contributed by atoms with van der Waals surface area (Å²) in [6.45, 7) is 0. The summed E-state index contributed by atoms with van der Waals surface area (Å²) in [6.07, 6.45) is 1.35. The summed E-state index contributed by atoms with van der Waals surface area (Å²) in [6, 6.07) is 8.04. The molecule has 0 saturated heterocycles. The Morgan fingerprint density at radius 3 is 2.73 bits per heavy atom. The van der Waals surface area contributed by atoms with Crippen molar-refractivity contribution in [3.05, 3.63) is 27.8 Å². The lowest BCUT2D eigenvalue weighted by molar-refractivity contribution is -0.0548. The maximum atomic E-state index is 5.89. The number of hydrogen-bond donors (Lipinski definition) is 0. The molecule has 0 amide bonds. The van der Waals surface area contributed by atoms with E-state index in [0.29, 0.717) is 4.83 Å². The minimum atomic E-state index is 0.168. The van der Waals surface area contributed by atoms with Crippen molar-refractivity contribution in [2.45, 2.75) is 23.5 Å². The fourth-order valence-electron chi connectivity index (χ4n) is 1.65. The van der Waals surface area contributed by atoms with Crippen molar-refractivity contribution in [1.29, 1.82) is 0 Å². The van der Waals surface area contributed by atoms with Gasteiger partial charge >= 0.3 is 0 Å². The number of hydrogen-bond acceptors (Lipinski definition) is 2. The van der Waals surface area contributed by atoms with Crippen LogP contribution >= 0.6 is 38.5 Å². The zero-order valence-electron chi connectivity index (χ0n) is 8.32. The molecular weight excluding hydrogens is 371 g/mol. The molecule has 0 aliphatic heterocycles. The van der Waals surface area contributed by atoms with Crippen LogP contribution in [0.3, 0.4) is 0 Å². The Kier molecular flexibility index (Phi) is 3.90. The number of halogens is 2. The highest BCUT2D eigenvalue weighted by Gasteiger charge is 2.41. The Bertz CT molecular complexity index is 345. The molecule has 1 aliphatic rings. The van der Waals surface area contributed by atoms with Crippen molar-refractivity contribution in [2.24, 2.45) is 0 Å². The van der Waals surface area contributed by atoms with E-state index in [-0.39, 0.29) is 12.2 Å². The van der Waals surface area contributed by atoms with Crippen LogP contribution < -0.4 is 4.74 Å². The molecule has 2 nitrogen and oxygen atoms in total. The van der Waals surface area contributed by atoms with Crippen LogP contribution in [0.4, 0.5) is 0 Å². The van der Waals surface area contributed by atoms with E-state index in [2.05, 4.69) is 38.5 Å². The second-order valence-corrected chi connectivity index (χ2v) is 5.88. The van der Waals surface area contributed by atoms with E-state index >= 15 is 0 Å². The topological polar surface area (TPSA) is 18.5 Å². The molecule has 3 unspecified atom stereocenters. The molecule has 1 fully saturated rings. The van der Waals surface area contributed by atoms with Gasteiger partial charge in [-0.15, -0.1) is 0 Å². The standard InChI is InChI=1S/C11H12BrIO2/c1-14-11-7(12)6-10(11)15-9-5-3-2-4-8(9)13/h2-5,7,10-11H,6H2,1H3. The molecule has 15 heavy (non-hydrogen) atoms. The number of para-hydroxylation sites is 1. The molecule has 0 N–H and O–H groups in total. The number of rotatable bonds is 3. The first-order chi connectivity index (χ1) is 7.22. The average Bonchev–Trinajstić information content (AvgIpc) is 2.20. The van der Waals surface area contributed by atoms with E-state index in [1.165, 1.54) is 0 Å². The van der Waals surface area contributed by atoms with E-state index in [9.17, 15) is 0 Å². The predicted octanol–water partition coefficient (Wildman–Crippen LogP) is 3.22. The Balaban J connectivity index is 2.01. The van der Waals surface area contributed by atoms with Gasteiger partial charge in [0.25, 0.3) is 0 Å². The monoisotopic (exact) mass is 382 g/mol. The van der Waals surface area contributed by atoms with Crippen LogP contribution in [0, 0.1) is 3.57 Å². The molecule has 1 aromatic rings. The van der Waals surface area contributed by atoms with Gasteiger partial charge in [-0.1, -0.05) is 28.1 Å². The van der Waals surface area contributed by atoms with E-state index in [1.54, 1.807) is 7.11 Å². The third-order valence-electron chi connectivity index (χ3n) is 2.57. The molecule has 2 rings (SSSR count). The minimum absolute atomic E-state index is 0.168. The molecule has 3 atom stereocenters. The molecule has 0 spiro atoms. The minimum Gasteiger partial charge on any atom is -0.487 e. The first-order valence-electron chi connectivity index (χ1n) is 4.80. The lowest BCUT2D eigenvalue weighted by Crippen LogP contribution is -2.51.